The molecule has 2 N–H and O–H groups in total. The Kier molecular flexibility index (Phi) is 7.67. The molecule has 0 aliphatic rings. The van der Waals surface area contributed by atoms with Gasteiger partial charge in [0.05, 0.1) is 11.5 Å². The number of hydrogen-bond donors (Lipinski definition) is 2. The third-order valence-electron chi connectivity index (χ3n) is 4.40. The number of rotatable bonds is 9. The minimum atomic E-state index is -3.33. The third kappa shape index (κ3) is 6.73. The van der Waals surface area contributed by atoms with Crippen LogP contribution in [-0.2, 0) is 9.84 Å². The molecule has 0 spiro atoms. The highest BCUT2D eigenvalue weighted by molar-refractivity contribution is 7.90. The molecule has 176 valence electrons. The second kappa shape index (κ2) is 10.3. The van der Waals surface area contributed by atoms with E-state index in [1.807, 2.05) is 13.8 Å². The van der Waals surface area contributed by atoms with E-state index < -0.39 is 21.8 Å². The van der Waals surface area contributed by atoms with Crippen molar-refractivity contribution in [2.75, 3.05) is 18.2 Å². The summed E-state index contributed by atoms with van der Waals surface area (Å²) in [4.78, 5) is 17.3. The van der Waals surface area contributed by atoms with Gasteiger partial charge in [-0.25, -0.2) is 13.4 Å². The van der Waals surface area contributed by atoms with Gasteiger partial charge in [0.1, 0.15) is 29.2 Å². The van der Waals surface area contributed by atoms with Crippen LogP contribution in [0.2, 0.25) is 0 Å². The van der Waals surface area contributed by atoms with Gasteiger partial charge in [-0.15, -0.1) is 0 Å². The first-order valence-corrected chi connectivity index (χ1v) is 12.8. The van der Waals surface area contributed by atoms with E-state index in [0.717, 1.165) is 17.8 Å². The van der Waals surface area contributed by atoms with Gasteiger partial charge < -0.3 is 14.6 Å². The molecule has 1 aromatic heterocycles. The zero-order chi connectivity index (χ0) is 24.2. The number of aliphatic hydroxyl groups excluding tert-OH is 1. The number of sulfone groups is 1. The quantitative estimate of drug-likeness (QED) is 0.462. The van der Waals surface area contributed by atoms with Crippen LogP contribution in [0.5, 0.6) is 17.2 Å². The minimum Gasteiger partial charge on any atom is -0.488 e. The zero-order valence-corrected chi connectivity index (χ0v) is 20.2. The number of hydrogen-bond acceptors (Lipinski definition) is 9. The smallest absolute Gasteiger partial charge is 0.257 e. The summed E-state index contributed by atoms with van der Waals surface area (Å²) in [6, 6.07) is 10.6. The molecule has 2 aromatic carbocycles. The standard InChI is InChI=1S/C22H25N3O6S2/c1-13(2)20-23-22(32-25-20)24-21(27)15-9-17(30-14(3)12-26)11-18(10-15)31-16-5-7-19(8-6-16)33(4,28)29/h5-11,13-14,26H,12H2,1-4H3,(H,23,24,25,27)/t14-/m0/s1. The van der Waals surface area contributed by atoms with Gasteiger partial charge in [0.25, 0.3) is 5.91 Å². The Bertz CT molecular complexity index is 1220. The molecule has 11 heteroatoms. The Hall–Kier alpha value is -3.02. The summed E-state index contributed by atoms with van der Waals surface area (Å²) in [6.07, 6.45) is 0.626. The first-order valence-electron chi connectivity index (χ1n) is 10.1. The van der Waals surface area contributed by atoms with Crippen LogP contribution in [0.3, 0.4) is 0 Å². The van der Waals surface area contributed by atoms with Crippen molar-refractivity contribution >= 4 is 32.4 Å². The number of benzene rings is 2. The van der Waals surface area contributed by atoms with Crippen LogP contribution >= 0.6 is 11.5 Å². The van der Waals surface area contributed by atoms with Crippen LogP contribution in [0.25, 0.3) is 0 Å². The Morgan fingerprint density at radius 1 is 1.09 bits per heavy atom. The highest BCUT2D eigenvalue weighted by Gasteiger charge is 2.16. The van der Waals surface area contributed by atoms with Gasteiger partial charge in [-0.05, 0) is 43.3 Å². The summed E-state index contributed by atoms with van der Waals surface area (Å²) < 4.78 is 39.0. The van der Waals surface area contributed by atoms with E-state index in [2.05, 4.69) is 14.7 Å². The number of amides is 1. The van der Waals surface area contributed by atoms with E-state index in [-0.39, 0.29) is 23.0 Å². The molecule has 0 radical (unpaired) electrons. The van der Waals surface area contributed by atoms with Crippen LogP contribution < -0.4 is 14.8 Å². The summed E-state index contributed by atoms with van der Waals surface area (Å²) in [6.45, 7) is 5.40. The molecular weight excluding hydrogens is 466 g/mol. The first-order chi connectivity index (χ1) is 15.5. The van der Waals surface area contributed by atoms with Gasteiger partial charge in [0.2, 0.25) is 5.13 Å². The molecule has 9 nitrogen and oxygen atoms in total. The molecule has 0 aliphatic heterocycles. The fourth-order valence-electron chi connectivity index (χ4n) is 2.68. The summed E-state index contributed by atoms with van der Waals surface area (Å²) >= 11 is 1.09. The number of nitrogens with zero attached hydrogens (tertiary/aromatic N) is 2. The van der Waals surface area contributed by atoms with Crippen LogP contribution in [0.4, 0.5) is 5.13 Å². The van der Waals surface area contributed by atoms with Crippen molar-refractivity contribution in [3.8, 4) is 17.2 Å². The van der Waals surface area contributed by atoms with E-state index >= 15 is 0 Å². The summed E-state index contributed by atoms with van der Waals surface area (Å²) in [5.74, 6) is 1.36. The highest BCUT2D eigenvalue weighted by Crippen LogP contribution is 2.29. The maximum absolute atomic E-state index is 12.9. The normalized spacial score (nSPS) is 12.4. The van der Waals surface area contributed by atoms with Crippen LogP contribution in [0.15, 0.2) is 47.4 Å². The molecule has 1 heterocycles. The highest BCUT2D eigenvalue weighted by atomic mass is 32.2. The van der Waals surface area contributed by atoms with Crippen LogP contribution in [-0.4, -0.2) is 47.8 Å². The zero-order valence-electron chi connectivity index (χ0n) is 18.6. The fourth-order valence-corrected chi connectivity index (χ4v) is 4.01. The van der Waals surface area contributed by atoms with Crippen LogP contribution in [0, 0.1) is 0 Å². The molecule has 1 amide bonds. The Balaban J connectivity index is 1.87. The average Bonchev–Trinajstić information content (AvgIpc) is 3.22. The lowest BCUT2D eigenvalue weighted by molar-refractivity contribution is 0.102. The van der Waals surface area contributed by atoms with Crippen molar-refractivity contribution < 1.29 is 27.8 Å². The second-order valence-corrected chi connectivity index (χ2v) is 10.5. The SMILES string of the molecule is CC(C)c1nsc(NC(=O)c2cc(Oc3ccc(S(C)(=O)=O)cc3)cc(O[C@@H](C)CO)c2)n1. The van der Waals surface area contributed by atoms with Crippen molar-refractivity contribution in [1.29, 1.82) is 0 Å². The lowest BCUT2D eigenvalue weighted by Gasteiger charge is -2.15. The molecule has 33 heavy (non-hydrogen) atoms. The van der Waals surface area contributed by atoms with Gasteiger partial charge >= 0.3 is 0 Å². The molecular formula is C22H25N3O6S2. The first kappa shape index (κ1) is 24.6. The van der Waals surface area contributed by atoms with Gasteiger partial charge in [-0.2, -0.15) is 4.37 Å². The maximum Gasteiger partial charge on any atom is 0.257 e. The third-order valence-corrected chi connectivity index (χ3v) is 6.18. The van der Waals surface area contributed by atoms with Crippen molar-refractivity contribution in [3.05, 3.63) is 53.9 Å². The lowest BCUT2D eigenvalue weighted by Crippen LogP contribution is -2.17. The molecule has 0 unspecified atom stereocenters. The average molecular weight is 492 g/mol. The Morgan fingerprint density at radius 3 is 2.33 bits per heavy atom. The molecule has 0 saturated carbocycles. The minimum absolute atomic E-state index is 0.137. The van der Waals surface area contributed by atoms with Gasteiger partial charge in [0.15, 0.2) is 9.84 Å². The topological polar surface area (TPSA) is 128 Å². The molecule has 0 saturated heterocycles. The lowest BCUT2D eigenvalue weighted by atomic mass is 10.2. The largest absolute Gasteiger partial charge is 0.488 e. The van der Waals surface area contributed by atoms with Gasteiger partial charge in [0, 0.05) is 35.3 Å². The van der Waals surface area contributed by atoms with Gasteiger partial charge in [-0.1, -0.05) is 13.8 Å². The predicted octanol–water partition coefficient (Wildman–Crippen LogP) is 3.87. The Morgan fingerprint density at radius 2 is 1.76 bits per heavy atom. The fraction of sp³-hybridized carbons (Fsp3) is 0.318. The number of aliphatic hydroxyl groups is 1. The molecule has 0 aliphatic carbocycles. The number of nitrogens with one attached hydrogen (secondary N) is 1. The van der Waals surface area contributed by atoms with Crippen molar-refractivity contribution in [3.63, 3.8) is 0 Å². The molecule has 0 fully saturated rings. The molecule has 3 rings (SSSR count). The number of carbonyl (C=O) groups is 1. The Labute approximate surface area is 196 Å². The summed E-state index contributed by atoms with van der Waals surface area (Å²) in [7, 11) is -3.33. The van der Waals surface area contributed by atoms with E-state index in [1.54, 1.807) is 13.0 Å². The van der Waals surface area contributed by atoms with Gasteiger partial charge in [-0.3, -0.25) is 10.1 Å². The van der Waals surface area contributed by atoms with E-state index in [9.17, 15) is 18.3 Å². The maximum atomic E-state index is 12.9. The van der Waals surface area contributed by atoms with E-state index in [4.69, 9.17) is 9.47 Å². The van der Waals surface area contributed by atoms with Crippen molar-refractivity contribution in [1.82, 2.24) is 9.36 Å². The molecule has 1 atom stereocenters. The summed E-state index contributed by atoms with van der Waals surface area (Å²) in [5, 5.41) is 12.4. The monoisotopic (exact) mass is 491 g/mol. The van der Waals surface area contributed by atoms with Crippen molar-refractivity contribution in [2.24, 2.45) is 0 Å². The summed E-state index contributed by atoms with van der Waals surface area (Å²) in [5.41, 5.74) is 0.252. The molecule has 0 bridgehead atoms. The van der Waals surface area contributed by atoms with Crippen LogP contribution in [0.1, 0.15) is 42.9 Å². The number of aromatic nitrogens is 2. The predicted molar refractivity (Wildman–Crippen MR) is 125 cm³/mol. The number of ether oxygens (including phenoxy) is 2. The van der Waals surface area contributed by atoms with E-state index in [1.165, 1.54) is 36.4 Å². The molecule has 3 aromatic rings. The number of carbonyl (C=O) groups excluding carboxylic acids is 1. The van der Waals surface area contributed by atoms with E-state index in [0.29, 0.717) is 28.2 Å². The number of anilines is 1. The van der Waals surface area contributed by atoms with Crippen molar-refractivity contribution in [2.45, 2.75) is 37.7 Å². The second-order valence-electron chi connectivity index (χ2n) is 7.72.